The van der Waals surface area contributed by atoms with Gasteiger partial charge in [0.15, 0.2) is 0 Å². The zero-order chi connectivity index (χ0) is 12.3. The Morgan fingerprint density at radius 2 is 2.06 bits per heavy atom. The van der Waals surface area contributed by atoms with Crippen LogP contribution in [0.4, 0.5) is 11.4 Å². The number of hydrogen-bond donors (Lipinski definition) is 1. The van der Waals surface area contributed by atoms with Gasteiger partial charge in [0.05, 0.1) is 11.2 Å². The second kappa shape index (κ2) is 5.01. The molecular weight excluding hydrogens is 238 g/mol. The fraction of sp³-hybridized carbons (Fsp3) is 0.167. The molecule has 1 N–H and O–H groups in total. The van der Waals surface area contributed by atoms with Gasteiger partial charge < -0.3 is 4.90 Å². The lowest BCUT2D eigenvalue weighted by molar-refractivity contribution is 0.943. The number of aromatic nitrogens is 2. The maximum atomic E-state index is 11.8. The van der Waals surface area contributed by atoms with Crippen LogP contribution in [0.15, 0.2) is 41.3 Å². The highest BCUT2D eigenvalue weighted by molar-refractivity contribution is 6.33. The molecule has 5 heteroatoms. The molecule has 2 aromatic rings. The molecule has 0 aliphatic rings. The van der Waals surface area contributed by atoms with Crippen molar-refractivity contribution < 1.29 is 0 Å². The Morgan fingerprint density at radius 1 is 1.35 bits per heavy atom. The highest BCUT2D eigenvalue weighted by atomic mass is 35.5. The summed E-state index contributed by atoms with van der Waals surface area (Å²) in [4.78, 5) is 13.6. The molecule has 0 aliphatic carbocycles. The van der Waals surface area contributed by atoms with Crippen LogP contribution < -0.4 is 10.5 Å². The average Bonchev–Trinajstić information content (AvgIpc) is 2.35. The first-order chi connectivity index (χ1) is 8.24. The van der Waals surface area contributed by atoms with Crippen molar-refractivity contribution in [2.24, 2.45) is 0 Å². The highest BCUT2D eigenvalue weighted by Crippen LogP contribution is 2.27. The lowest BCUT2D eigenvalue weighted by Gasteiger charge is -2.22. The number of benzene rings is 1. The Kier molecular flexibility index (Phi) is 3.44. The molecule has 0 bridgehead atoms. The number of rotatable bonds is 3. The van der Waals surface area contributed by atoms with Crippen molar-refractivity contribution in [3.05, 3.63) is 51.9 Å². The molecule has 0 saturated carbocycles. The minimum absolute atomic E-state index is 0.289. The van der Waals surface area contributed by atoms with Crippen molar-refractivity contribution in [1.82, 2.24) is 10.2 Å². The summed E-state index contributed by atoms with van der Waals surface area (Å²) in [5, 5.41) is 6.40. The molecule has 0 unspecified atom stereocenters. The lowest BCUT2D eigenvalue weighted by atomic mass is 10.2. The van der Waals surface area contributed by atoms with Crippen molar-refractivity contribution in [2.45, 2.75) is 6.92 Å². The molecule has 1 heterocycles. The molecule has 0 aliphatic heterocycles. The Labute approximate surface area is 104 Å². The van der Waals surface area contributed by atoms with E-state index in [1.54, 1.807) is 0 Å². The standard InChI is InChI=1S/C12H12ClN3O/c1-2-16(9-6-4-3-5-7-9)11-10(13)8-14-15-12(11)17/h3-8H,2H2,1H3,(H,15,17). The first-order valence-corrected chi connectivity index (χ1v) is 5.67. The molecular formula is C12H12ClN3O. The van der Waals surface area contributed by atoms with Crippen LogP contribution in [0, 0.1) is 0 Å². The summed E-state index contributed by atoms with van der Waals surface area (Å²) in [6.45, 7) is 2.61. The second-order valence-corrected chi connectivity index (χ2v) is 3.88. The Morgan fingerprint density at radius 3 is 2.65 bits per heavy atom. The first-order valence-electron chi connectivity index (χ1n) is 5.29. The summed E-state index contributed by atoms with van der Waals surface area (Å²) in [5.74, 6) is 0. The van der Waals surface area contributed by atoms with Crippen molar-refractivity contribution in [3.63, 3.8) is 0 Å². The summed E-state index contributed by atoms with van der Waals surface area (Å²) in [6.07, 6.45) is 1.43. The Bertz CT molecular complexity index is 553. The third-order valence-corrected chi connectivity index (χ3v) is 2.72. The van der Waals surface area contributed by atoms with Crippen molar-refractivity contribution in [3.8, 4) is 0 Å². The largest absolute Gasteiger partial charge is 0.336 e. The zero-order valence-electron chi connectivity index (χ0n) is 9.35. The van der Waals surface area contributed by atoms with Gasteiger partial charge in [-0.25, -0.2) is 5.10 Å². The number of H-pyrrole nitrogens is 1. The lowest BCUT2D eigenvalue weighted by Crippen LogP contribution is -2.25. The van der Waals surface area contributed by atoms with Crippen LogP contribution in [0.25, 0.3) is 0 Å². The number of nitrogens with zero attached hydrogens (tertiary/aromatic N) is 2. The van der Waals surface area contributed by atoms with E-state index in [-0.39, 0.29) is 5.56 Å². The normalized spacial score (nSPS) is 10.2. The fourth-order valence-electron chi connectivity index (χ4n) is 1.70. The van der Waals surface area contributed by atoms with Gasteiger partial charge in [0.2, 0.25) is 0 Å². The van der Waals surface area contributed by atoms with Gasteiger partial charge in [-0.15, -0.1) is 0 Å². The van der Waals surface area contributed by atoms with E-state index in [2.05, 4.69) is 10.2 Å². The highest BCUT2D eigenvalue weighted by Gasteiger charge is 2.14. The third-order valence-electron chi connectivity index (χ3n) is 2.44. The smallest absolute Gasteiger partial charge is 0.289 e. The van der Waals surface area contributed by atoms with Crippen LogP contribution in [-0.2, 0) is 0 Å². The maximum absolute atomic E-state index is 11.8. The molecule has 0 radical (unpaired) electrons. The van der Waals surface area contributed by atoms with Crippen molar-refractivity contribution in [1.29, 1.82) is 0 Å². The average molecular weight is 250 g/mol. The van der Waals surface area contributed by atoms with Gasteiger partial charge >= 0.3 is 0 Å². The number of halogens is 1. The van der Waals surface area contributed by atoms with Gasteiger partial charge in [-0.05, 0) is 19.1 Å². The van der Waals surface area contributed by atoms with Crippen LogP contribution in [0.5, 0.6) is 0 Å². The van der Waals surface area contributed by atoms with Crippen LogP contribution in [0.3, 0.4) is 0 Å². The van der Waals surface area contributed by atoms with E-state index in [0.29, 0.717) is 17.3 Å². The predicted molar refractivity (Wildman–Crippen MR) is 69.0 cm³/mol. The summed E-state index contributed by atoms with van der Waals surface area (Å²) in [6, 6.07) is 9.62. The predicted octanol–water partition coefficient (Wildman–Crippen LogP) is 2.58. The molecule has 0 atom stereocenters. The van der Waals surface area contributed by atoms with Gasteiger partial charge in [-0.1, -0.05) is 29.8 Å². The number of hydrogen-bond acceptors (Lipinski definition) is 3. The molecule has 0 spiro atoms. The molecule has 1 aromatic heterocycles. The monoisotopic (exact) mass is 249 g/mol. The van der Waals surface area contributed by atoms with Gasteiger partial charge in [-0.3, -0.25) is 4.79 Å². The zero-order valence-corrected chi connectivity index (χ0v) is 10.1. The molecule has 1 aromatic carbocycles. The number of aromatic amines is 1. The van der Waals surface area contributed by atoms with Crippen LogP contribution >= 0.6 is 11.6 Å². The van der Waals surface area contributed by atoms with E-state index in [1.807, 2.05) is 42.2 Å². The molecule has 0 fully saturated rings. The molecule has 0 saturated heterocycles. The number of para-hydroxylation sites is 1. The van der Waals surface area contributed by atoms with E-state index in [9.17, 15) is 4.79 Å². The fourth-order valence-corrected chi connectivity index (χ4v) is 1.94. The number of anilines is 2. The summed E-state index contributed by atoms with van der Waals surface area (Å²) < 4.78 is 0. The van der Waals surface area contributed by atoms with E-state index in [1.165, 1.54) is 6.20 Å². The van der Waals surface area contributed by atoms with Crippen molar-refractivity contribution in [2.75, 3.05) is 11.4 Å². The minimum Gasteiger partial charge on any atom is -0.336 e. The van der Waals surface area contributed by atoms with E-state index >= 15 is 0 Å². The SMILES string of the molecule is CCN(c1ccccc1)c1c(Cl)cn[nH]c1=O. The molecule has 88 valence electrons. The topological polar surface area (TPSA) is 49.0 Å². The molecule has 2 rings (SSSR count). The minimum atomic E-state index is -0.289. The number of nitrogens with one attached hydrogen (secondary N) is 1. The van der Waals surface area contributed by atoms with Gasteiger partial charge in [0.1, 0.15) is 5.69 Å². The Hall–Kier alpha value is -1.81. The van der Waals surface area contributed by atoms with Gasteiger partial charge in [-0.2, -0.15) is 5.10 Å². The first kappa shape index (κ1) is 11.7. The van der Waals surface area contributed by atoms with Gasteiger partial charge in [0.25, 0.3) is 5.56 Å². The quantitative estimate of drug-likeness (QED) is 0.910. The van der Waals surface area contributed by atoms with Crippen LogP contribution in [0.1, 0.15) is 6.92 Å². The third kappa shape index (κ3) is 2.31. The summed E-state index contributed by atoms with van der Waals surface area (Å²) in [5.41, 5.74) is 1.06. The summed E-state index contributed by atoms with van der Waals surface area (Å²) >= 11 is 6.03. The summed E-state index contributed by atoms with van der Waals surface area (Å²) in [7, 11) is 0. The van der Waals surface area contributed by atoms with Crippen LogP contribution in [0.2, 0.25) is 5.02 Å². The van der Waals surface area contributed by atoms with Crippen LogP contribution in [-0.4, -0.2) is 16.7 Å². The van der Waals surface area contributed by atoms with E-state index in [4.69, 9.17) is 11.6 Å². The van der Waals surface area contributed by atoms with Crippen molar-refractivity contribution >= 4 is 23.0 Å². The Balaban J connectivity index is 2.54. The van der Waals surface area contributed by atoms with E-state index < -0.39 is 0 Å². The maximum Gasteiger partial charge on any atom is 0.289 e. The molecule has 17 heavy (non-hydrogen) atoms. The van der Waals surface area contributed by atoms with Gasteiger partial charge in [0, 0.05) is 12.2 Å². The van der Waals surface area contributed by atoms with E-state index in [0.717, 1.165) is 5.69 Å². The molecule has 0 amide bonds. The second-order valence-electron chi connectivity index (χ2n) is 3.48. The molecule has 4 nitrogen and oxygen atoms in total.